The fraction of sp³-hybridized carbons (Fsp3) is 0. The van der Waals surface area contributed by atoms with Gasteiger partial charge in [-0.25, -0.2) is 4.39 Å². The van der Waals surface area contributed by atoms with Crippen molar-refractivity contribution in [3.8, 4) is 17.3 Å². The molecule has 0 saturated carbocycles. The minimum Gasteiger partial charge on any atom is -0.321 e. The van der Waals surface area contributed by atoms with Crippen LogP contribution in [0.3, 0.4) is 0 Å². The minimum atomic E-state index is -0.555. The van der Waals surface area contributed by atoms with Gasteiger partial charge >= 0.3 is 0 Å². The number of H-pyrrole nitrogens is 1. The van der Waals surface area contributed by atoms with Gasteiger partial charge in [0.1, 0.15) is 17.5 Å². The fourth-order valence-electron chi connectivity index (χ4n) is 2.29. The van der Waals surface area contributed by atoms with Crippen LogP contribution >= 0.6 is 11.6 Å². The van der Waals surface area contributed by atoms with Crippen LogP contribution in [0.15, 0.2) is 60.3 Å². The maximum atomic E-state index is 13.1. The number of nitrogens with zero attached hydrogens (tertiary/aromatic N) is 2. The number of anilines is 1. The highest BCUT2D eigenvalue weighted by Crippen LogP contribution is 2.23. The van der Waals surface area contributed by atoms with E-state index in [2.05, 4.69) is 15.5 Å². The van der Waals surface area contributed by atoms with Crippen molar-refractivity contribution in [1.29, 1.82) is 5.26 Å². The number of hydrogen-bond acceptors (Lipinski definition) is 3. The van der Waals surface area contributed by atoms with Gasteiger partial charge < -0.3 is 5.32 Å². The van der Waals surface area contributed by atoms with E-state index in [1.165, 1.54) is 24.4 Å². The summed E-state index contributed by atoms with van der Waals surface area (Å²) >= 11 is 5.81. The summed E-state index contributed by atoms with van der Waals surface area (Å²) in [7, 11) is 0. The molecule has 0 fully saturated rings. The molecule has 2 aromatic carbocycles. The Morgan fingerprint density at radius 2 is 1.88 bits per heavy atom. The number of aromatic nitrogens is 2. The molecule has 128 valence electrons. The number of hydrogen-bond donors (Lipinski definition) is 2. The molecule has 0 atom stereocenters. The summed E-state index contributed by atoms with van der Waals surface area (Å²) in [6.45, 7) is 0. The van der Waals surface area contributed by atoms with E-state index in [0.717, 1.165) is 0 Å². The zero-order chi connectivity index (χ0) is 18.5. The smallest absolute Gasteiger partial charge is 0.266 e. The average Bonchev–Trinajstić information content (AvgIpc) is 3.10. The zero-order valence-electron chi connectivity index (χ0n) is 13.3. The van der Waals surface area contributed by atoms with Gasteiger partial charge in [-0.3, -0.25) is 9.89 Å². The molecule has 0 unspecified atom stereocenters. The van der Waals surface area contributed by atoms with Crippen LogP contribution in [0.4, 0.5) is 10.1 Å². The Labute approximate surface area is 153 Å². The quantitative estimate of drug-likeness (QED) is 0.530. The van der Waals surface area contributed by atoms with Crippen LogP contribution in [0.2, 0.25) is 5.02 Å². The van der Waals surface area contributed by atoms with E-state index in [-0.39, 0.29) is 11.4 Å². The van der Waals surface area contributed by atoms with E-state index in [1.807, 2.05) is 6.07 Å². The van der Waals surface area contributed by atoms with Gasteiger partial charge in [0.15, 0.2) is 0 Å². The molecular formula is C19H12ClFN4O. The Kier molecular flexibility index (Phi) is 5.11. The first-order chi connectivity index (χ1) is 12.6. The van der Waals surface area contributed by atoms with E-state index < -0.39 is 5.91 Å². The molecule has 7 heteroatoms. The number of nitrogens with one attached hydrogen (secondary N) is 2. The molecule has 1 aromatic heterocycles. The maximum Gasteiger partial charge on any atom is 0.266 e. The summed E-state index contributed by atoms with van der Waals surface area (Å²) in [5, 5.41) is 19.2. The van der Waals surface area contributed by atoms with E-state index in [1.54, 1.807) is 36.4 Å². The molecule has 1 amide bonds. The molecule has 0 aliphatic rings. The zero-order valence-corrected chi connectivity index (χ0v) is 14.1. The molecule has 26 heavy (non-hydrogen) atoms. The van der Waals surface area contributed by atoms with Gasteiger partial charge in [0, 0.05) is 21.8 Å². The maximum absolute atomic E-state index is 13.1. The first-order valence-corrected chi connectivity index (χ1v) is 7.92. The standard InChI is InChI=1S/C19H12ClFN4O/c20-15-3-7-17(8-4-15)24-19(26)13(10-22)9-14-11-23-25-18(14)12-1-5-16(21)6-2-12/h1-9,11H,(H,23,25)(H,24,26)/b13-9-. The third kappa shape index (κ3) is 3.97. The normalized spacial score (nSPS) is 11.0. The first kappa shape index (κ1) is 17.4. The highest BCUT2D eigenvalue weighted by molar-refractivity contribution is 6.30. The van der Waals surface area contributed by atoms with Crippen LogP contribution in [0.1, 0.15) is 5.56 Å². The van der Waals surface area contributed by atoms with Gasteiger partial charge in [-0.2, -0.15) is 10.4 Å². The molecule has 2 N–H and O–H groups in total. The van der Waals surface area contributed by atoms with Crippen LogP contribution in [0.25, 0.3) is 17.3 Å². The van der Waals surface area contributed by atoms with Gasteiger partial charge in [0.05, 0.1) is 11.9 Å². The summed E-state index contributed by atoms with van der Waals surface area (Å²) in [6.07, 6.45) is 2.92. The molecule has 0 aliphatic heterocycles. The summed E-state index contributed by atoms with van der Waals surface area (Å²) < 4.78 is 13.1. The Hall–Kier alpha value is -3.43. The van der Waals surface area contributed by atoms with Gasteiger partial charge in [-0.15, -0.1) is 0 Å². The second-order valence-corrected chi connectivity index (χ2v) is 5.77. The predicted octanol–water partition coefficient (Wildman–Crippen LogP) is 4.41. The molecule has 3 rings (SSSR count). The number of rotatable bonds is 4. The van der Waals surface area contributed by atoms with Crippen LogP contribution in [-0.4, -0.2) is 16.1 Å². The number of halogens is 2. The van der Waals surface area contributed by atoms with Crippen molar-refractivity contribution in [2.24, 2.45) is 0 Å². The Bertz CT molecular complexity index is 1000. The van der Waals surface area contributed by atoms with Crippen molar-refractivity contribution in [1.82, 2.24) is 10.2 Å². The van der Waals surface area contributed by atoms with Crippen LogP contribution in [0, 0.1) is 17.1 Å². The predicted molar refractivity (Wildman–Crippen MR) is 97.7 cm³/mol. The molecule has 3 aromatic rings. The largest absolute Gasteiger partial charge is 0.321 e. The number of carbonyl (C=O) groups is 1. The van der Waals surface area contributed by atoms with Crippen molar-refractivity contribution in [2.45, 2.75) is 0 Å². The number of benzene rings is 2. The number of carbonyl (C=O) groups excluding carboxylic acids is 1. The lowest BCUT2D eigenvalue weighted by Gasteiger charge is -2.05. The molecule has 0 radical (unpaired) electrons. The summed E-state index contributed by atoms with van der Waals surface area (Å²) in [4.78, 5) is 12.3. The average molecular weight is 367 g/mol. The van der Waals surface area contributed by atoms with Crippen molar-refractivity contribution in [3.05, 3.63) is 76.7 Å². The molecule has 0 bridgehead atoms. The lowest BCUT2D eigenvalue weighted by Crippen LogP contribution is -2.13. The highest BCUT2D eigenvalue weighted by atomic mass is 35.5. The Morgan fingerprint density at radius 3 is 2.54 bits per heavy atom. The van der Waals surface area contributed by atoms with E-state index in [9.17, 15) is 14.4 Å². The number of amides is 1. The SMILES string of the molecule is N#C/C(=C/c1cn[nH]c1-c1ccc(F)cc1)C(=O)Nc1ccc(Cl)cc1. The number of aromatic amines is 1. The summed E-state index contributed by atoms with van der Waals surface area (Å²) in [5.74, 6) is -0.911. The second kappa shape index (κ2) is 7.64. The van der Waals surface area contributed by atoms with Gasteiger partial charge in [-0.1, -0.05) is 11.6 Å². The van der Waals surface area contributed by atoms with E-state index in [0.29, 0.717) is 27.5 Å². The topological polar surface area (TPSA) is 81.6 Å². The molecule has 0 aliphatic carbocycles. The molecule has 0 saturated heterocycles. The molecule has 1 heterocycles. The van der Waals surface area contributed by atoms with Crippen LogP contribution in [-0.2, 0) is 4.79 Å². The summed E-state index contributed by atoms with van der Waals surface area (Å²) in [6, 6.07) is 14.2. The first-order valence-electron chi connectivity index (χ1n) is 7.55. The minimum absolute atomic E-state index is 0.0929. The third-order valence-electron chi connectivity index (χ3n) is 3.57. The lowest BCUT2D eigenvalue weighted by molar-refractivity contribution is -0.112. The molecule has 5 nitrogen and oxygen atoms in total. The molecule has 0 spiro atoms. The van der Waals surface area contributed by atoms with Crippen molar-refractivity contribution in [2.75, 3.05) is 5.32 Å². The van der Waals surface area contributed by atoms with Crippen molar-refractivity contribution in [3.63, 3.8) is 0 Å². The molecular weight excluding hydrogens is 355 g/mol. The lowest BCUT2D eigenvalue weighted by atomic mass is 10.1. The van der Waals surface area contributed by atoms with E-state index in [4.69, 9.17) is 11.6 Å². The van der Waals surface area contributed by atoms with Crippen LogP contribution < -0.4 is 5.32 Å². The third-order valence-corrected chi connectivity index (χ3v) is 3.82. The van der Waals surface area contributed by atoms with Gasteiger partial charge in [0.25, 0.3) is 5.91 Å². The number of nitriles is 1. The monoisotopic (exact) mass is 366 g/mol. The van der Waals surface area contributed by atoms with Crippen LogP contribution in [0.5, 0.6) is 0 Å². The van der Waals surface area contributed by atoms with Crippen molar-refractivity contribution >= 4 is 29.3 Å². The Morgan fingerprint density at radius 1 is 1.19 bits per heavy atom. The Balaban J connectivity index is 1.87. The van der Waals surface area contributed by atoms with Gasteiger partial charge in [-0.05, 0) is 54.6 Å². The fourth-order valence-corrected chi connectivity index (χ4v) is 2.41. The van der Waals surface area contributed by atoms with Crippen molar-refractivity contribution < 1.29 is 9.18 Å². The van der Waals surface area contributed by atoms with E-state index >= 15 is 0 Å². The summed E-state index contributed by atoms with van der Waals surface area (Å²) in [5.41, 5.74) is 2.23. The highest BCUT2D eigenvalue weighted by Gasteiger charge is 2.13. The van der Waals surface area contributed by atoms with Gasteiger partial charge in [0.2, 0.25) is 0 Å². The second-order valence-electron chi connectivity index (χ2n) is 5.34.